The topological polar surface area (TPSA) is 58.6 Å². The summed E-state index contributed by atoms with van der Waals surface area (Å²) in [4.78, 5) is 27.2. The van der Waals surface area contributed by atoms with E-state index in [1.165, 1.54) is 4.90 Å². The Bertz CT molecular complexity index is 967. The normalized spacial score (nSPS) is 14.0. The lowest BCUT2D eigenvalue weighted by atomic mass is 10.0. The maximum Gasteiger partial charge on any atom is 0.278 e. The fourth-order valence-corrected chi connectivity index (χ4v) is 3.42. The summed E-state index contributed by atoms with van der Waals surface area (Å²) in [6.45, 7) is 11.7. The van der Waals surface area contributed by atoms with Gasteiger partial charge in [-0.15, -0.1) is 6.58 Å². The van der Waals surface area contributed by atoms with Gasteiger partial charge in [0.2, 0.25) is 0 Å². The lowest BCUT2D eigenvalue weighted by Crippen LogP contribution is -2.32. The van der Waals surface area contributed by atoms with Crippen molar-refractivity contribution in [3.63, 3.8) is 0 Å². The van der Waals surface area contributed by atoms with Crippen molar-refractivity contribution in [1.82, 2.24) is 4.90 Å². The Morgan fingerprint density at radius 3 is 2.21 bits per heavy atom. The van der Waals surface area contributed by atoms with Gasteiger partial charge in [0.15, 0.2) is 0 Å². The molecule has 5 heteroatoms. The van der Waals surface area contributed by atoms with Gasteiger partial charge in [0.1, 0.15) is 11.4 Å². The van der Waals surface area contributed by atoms with E-state index in [4.69, 9.17) is 4.74 Å². The zero-order valence-corrected chi connectivity index (χ0v) is 17.3. The molecule has 1 N–H and O–H groups in total. The smallest absolute Gasteiger partial charge is 0.278 e. The van der Waals surface area contributed by atoms with Crippen LogP contribution in [0.2, 0.25) is 0 Å². The zero-order chi connectivity index (χ0) is 21.1. The highest BCUT2D eigenvalue weighted by atomic mass is 16.5. The average Bonchev–Trinajstić information content (AvgIpc) is 2.86. The van der Waals surface area contributed by atoms with Gasteiger partial charge in [-0.05, 0) is 68.7 Å². The van der Waals surface area contributed by atoms with Crippen LogP contribution in [-0.2, 0) is 9.59 Å². The van der Waals surface area contributed by atoms with Crippen LogP contribution in [0.25, 0.3) is 5.57 Å². The highest BCUT2D eigenvalue weighted by Gasteiger charge is 2.38. The Balaban J connectivity index is 2.04. The van der Waals surface area contributed by atoms with Gasteiger partial charge >= 0.3 is 0 Å². The third kappa shape index (κ3) is 4.40. The van der Waals surface area contributed by atoms with Gasteiger partial charge in [0.25, 0.3) is 11.8 Å². The number of nitrogens with one attached hydrogen (secondary N) is 1. The van der Waals surface area contributed by atoms with Gasteiger partial charge in [-0.25, -0.2) is 0 Å². The van der Waals surface area contributed by atoms with Crippen molar-refractivity contribution in [2.24, 2.45) is 0 Å². The molecule has 150 valence electrons. The number of hydrogen-bond donors (Lipinski definition) is 1. The number of carbonyl (C=O) groups is 2. The molecule has 0 radical (unpaired) electrons. The van der Waals surface area contributed by atoms with Crippen LogP contribution in [0.1, 0.15) is 30.5 Å². The summed E-state index contributed by atoms with van der Waals surface area (Å²) in [5, 5.41) is 3.19. The van der Waals surface area contributed by atoms with E-state index in [1.54, 1.807) is 18.2 Å². The molecule has 0 fully saturated rings. The predicted octanol–water partition coefficient (Wildman–Crippen LogP) is 4.47. The molecule has 1 aliphatic heterocycles. The second-order valence-corrected chi connectivity index (χ2v) is 7.45. The Hall–Kier alpha value is -3.34. The van der Waals surface area contributed by atoms with Crippen molar-refractivity contribution in [1.29, 1.82) is 0 Å². The number of ether oxygens (including phenoxy) is 1. The minimum atomic E-state index is -0.355. The van der Waals surface area contributed by atoms with E-state index >= 15 is 0 Å². The second-order valence-electron chi connectivity index (χ2n) is 7.45. The summed E-state index contributed by atoms with van der Waals surface area (Å²) in [6.07, 6.45) is 1.60. The summed E-state index contributed by atoms with van der Waals surface area (Å²) in [7, 11) is 0. The number of aryl methyl sites for hydroxylation is 2. The fourth-order valence-electron chi connectivity index (χ4n) is 3.42. The number of hydrogen-bond acceptors (Lipinski definition) is 4. The Labute approximate surface area is 171 Å². The first-order chi connectivity index (χ1) is 13.8. The molecular formula is C24H26N2O3. The number of nitrogens with zero attached hydrogens (tertiary/aromatic N) is 1. The number of carbonyl (C=O) groups excluding carboxylic acids is 2. The quantitative estimate of drug-likeness (QED) is 0.560. The molecule has 0 bridgehead atoms. The molecular weight excluding hydrogens is 364 g/mol. The molecule has 0 saturated carbocycles. The van der Waals surface area contributed by atoms with Gasteiger partial charge in [-0.1, -0.05) is 24.3 Å². The lowest BCUT2D eigenvalue weighted by molar-refractivity contribution is -0.136. The standard InChI is InChI=1S/C24H26N2O3/c1-6-11-26-23(27)21(18-7-9-20(10-8-18)29-15(2)3)22(24(26)28)25-19-13-16(4)12-17(5)14-19/h6-10,12-15,25H,1,11H2,2-5H3. The lowest BCUT2D eigenvalue weighted by Gasteiger charge is -2.13. The minimum Gasteiger partial charge on any atom is -0.491 e. The van der Waals surface area contributed by atoms with E-state index < -0.39 is 0 Å². The van der Waals surface area contributed by atoms with Crippen molar-refractivity contribution in [2.45, 2.75) is 33.8 Å². The van der Waals surface area contributed by atoms with Gasteiger partial charge in [-0.2, -0.15) is 0 Å². The first-order valence-electron chi connectivity index (χ1n) is 9.64. The predicted molar refractivity (Wildman–Crippen MR) is 116 cm³/mol. The minimum absolute atomic E-state index is 0.0552. The Morgan fingerprint density at radius 1 is 1.03 bits per heavy atom. The molecule has 3 rings (SSSR count). The molecule has 2 amide bonds. The van der Waals surface area contributed by atoms with E-state index in [9.17, 15) is 9.59 Å². The van der Waals surface area contributed by atoms with Crippen LogP contribution in [0, 0.1) is 13.8 Å². The molecule has 1 heterocycles. The van der Waals surface area contributed by atoms with Gasteiger partial charge in [-0.3, -0.25) is 14.5 Å². The third-order valence-corrected chi connectivity index (χ3v) is 4.49. The first kappa shape index (κ1) is 20.4. The molecule has 1 aliphatic rings. The molecule has 0 aromatic heterocycles. The molecule has 5 nitrogen and oxygen atoms in total. The summed E-state index contributed by atoms with van der Waals surface area (Å²) in [5.41, 5.74) is 4.22. The van der Waals surface area contributed by atoms with Gasteiger partial charge < -0.3 is 10.1 Å². The van der Waals surface area contributed by atoms with Crippen molar-refractivity contribution in [3.8, 4) is 5.75 Å². The Kier molecular flexibility index (Phi) is 5.87. The second kappa shape index (κ2) is 8.35. The van der Waals surface area contributed by atoms with E-state index in [0.717, 1.165) is 16.8 Å². The summed E-state index contributed by atoms with van der Waals surface area (Å²) < 4.78 is 5.68. The zero-order valence-electron chi connectivity index (χ0n) is 17.3. The third-order valence-electron chi connectivity index (χ3n) is 4.49. The van der Waals surface area contributed by atoms with E-state index in [0.29, 0.717) is 16.9 Å². The Morgan fingerprint density at radius 2 is 1.66 bits per heavy atom. The maximum absolute atomic E-state index is 13.0. The van der Waals surface area contributed by atoms with Crippen LogP contribution in [0.3, 0.4) is 0 Å². The average molecular weight is 390 g/mol. The van der Waals surface area contributed by atoms with Crippen molar-refractivity contribution in [2.75, 3.05) is 11.9 Å². The van der Waals surface area contributed by atoms with Crippen LogP contribution < -0.4 is 10.1 Å². The van der Waals surface area contributed by atoms with Crippen LogP contribution in [-0.4, -0.2) is 29.4 Å². The SMILES string of the molecule is C=CCN1C(=O)C(Nc2cc(C)cc(C)c2)=C(c2ccc(OC(C)C)cc2)C1=O. The summed E-state index contributed by atoms with van der Waals surface area (Å²) in [5.74, 6) is 0.0266. The summed E-state index contributed by atoms with van der Waals surface area (Å²) >= 11 is 0. The van der Waals surface area contributed by atoms with Gasteiger partial charge in [0.05, 0.1) is 11.7 Å². The van der Waals surface area contributed by atoms with Crippen molar-refractivity contribution < 1.29 is 14.3 Å². The molecule has 0 aliphatic carbocycles. The highest BCUT2D eigenvalue weighted by molar-refractivity contribution is 6.36. The van der Waals surface area contributed by atoms with E-state index in [2.05, 4.69) is 18.0 Å². The van der Waals surface area contributed by atoms with Crippen molar-refractivity contribution in [3.05, 3.63) is 77.5 Å². The van der Waals surface area contributed by atoms with Crippen LogP contribution >= 0.6 is 0 Å². The number of anilines is 1. The monoisotopic (exact) mass is 390 g/mol. The molecule has 0 saturated heterocycles. The fraction of sp³-hybridized carbons (Fsp3) is 0.250. The molecule has 2 aromatic carbocycles. The molecule has 2 aromatic rings. The van der Waals surface area contributed by atoms with Gasteiger partial charge in [0, 0.05) is 12.2 Å². The summed E-state index contributed by atoms with van der Waals surface area (Å²) in [6, 6.07) is 13.2. The maximum atomic E-state index is 13.0. The van der Waals surface area contributed by atoms with Crippen LogP contribution in [0.15, 0.2) is 60.8 Å². The number of amides is 2. The highest BCUT2D eigenvalue weighted by Crippen LogP contribution is 2.32. The molecule has 0 atom stereocenters. The molecule has 0 unspecified atom stereocenters. The van der Waals surface area contributed by atoms with Crippen molar-refractivity contribution >= 4 is 23.1 Å². The molecule has 0 spiro atoms. The van der Waals surface area contributed by atoms with E-state index in [-0.39, 0.29) is 30.2 Å². The van der Waals surface area contributed by atoms with Crippen LogP contribution in [0.5, 0.6) is 5.75 Å². The molecule has 29 heavy (non-hydrogen) atoms. The van der Waals surface area contributed by atoms with Crippen LogP contribution in [0.4, 0.5) is 5.69 Å². The number of rotatable bonds is 7. The largest absolute Gasteiger partial charge is 0.491 e. The first-order valence-corrected chi connectivity index (χ1v) is 9.64. The van der Waals surface area contributed by atoms with E-state index in [1.807, 2.05) is 52.0 Å². The number of benzene rings is 2. The number of imide groups is 1.